The van der Waals surface area contributed by atoms with Gasteiger partial charge in [-0.2, -0.15) is 26.3 Å². The summed E-state index contributed by atoms with van der Waals surface area (Å²) >= 11 is 0. The topological polar surface area (TPSA) is 62.7 Å². The molecule has 5 aromatic rings. The Kier molecular flexibility index (Phi) is 5.50. The van der Waals surface area contributed by atoms with E-state index in [9.17, 15) is 31.1 Å². The number of alkyl halides is 6. The van der Waals surface area contributed by atoms with E-state index in [0.29, 0.717) is 11.3 Å². The zero-order valence-corrected chi connectivity index (χ0v) is 18.2. The van der Waals surface area contributed by atoms with Gasteiger partial charge in [0.1, 0.15) is 11.3 Å². The van der Waals surface area contributed by atoms with Crippen LogP contribution in [0.2, 0.25) is 0 Å². The summed E-state index contributed by atoms with van der Waals surface area (Å²) in [7, 11) is 0. The monoisotopic (exact) mass is 502 g/mol. The van der Waals surface area contributed by atoms with E-state index in [1.807, 2.05) is 0 Å². The number of anilines is 1. The number of hydrogen-bond acceptors (Lipinski definition) is 2. The Balaban J connectivity index is 1.57. The van der Waals surface area contributed by atoms with Gasteiger partial charge in [0, 0.05) is 29.0 Å². The molecule has 0 aliphatic heterocycles. The normalized spacial score (nSPS) is 12.4. The van der Waals surface area contributed by atoms with Crippen LogP contribution < -0.4 is 5.32 Å². The fourth-order valence-corrected chi connectivity index (χ4v) is 4.04. The first-order valence-electron chi connectivity index (χ1n) is 10.6. The average molecular weight is 502 g/mol. The molecular formula is C25H16F6N4O. The zero-order valence-electron chi connectivity index (χ0n) is 18.2. The van der Waals surface area contributed by atoms with E-state index in [4.69, 9.17) is 0 Å². The van der Waals surface area contributed by atoms with Crippen molar-refractivity contribution in [1.82, 2.24) is 14.5 Å². The van der Waals surface area contributed by atoms with Gasteiger partial charge in [-0.05, 0) is 54.1 Å². The third kappa shape index (κ3) is 4.51. The highest BCUT2D eigenvalue weighted by Crippen LogP contribution is 2.34. The second kappa shape index (κ2) is 8.43. The van der Waals surface area contributed by atoms with Gasteiger partial charge in [-0.25, -0.2) is 4.98 Å². The third-order valence-corrected chi connectivity index (χ3v) is 5.71. The number of hydrogen-bond donors (Lipinski definition) is 2. The summed E-state index contributed by atoms with van der Waals surface area (Å²) in [4.78, 5) is 20.3. The van der Waals surface area contributed by atoms with E-state index in [1.165, 1.54) is 35.0 Å². The molecule has 0 atom stereocenters. The highest BCUT2D eigenvalue weighted by Gasteiger charge is 2.32. The number of carbonyl (C=O) groups excluding carboxylic acids is 1. The SMILES string of the molecule is O=C(Nc1cnc2[nH]ccc2c1)c1cc2cc(C(F)(F)F)ccc2n1Cc1cccc(C(F)(F)F)c1. The molecule has 0 aliphatic rings. The Bertz CT molecular complexity index is 1600. The second-order valence-corrected chi connectivity index (χ2v) is 8.18. The van der Waals surface area contributed by atoms with E-state index < -0.39 is 29.4 Å². The number of halogens is 6. The lowest BCUT2D eigenvalue weighted by atomic mass is 10.1. The first-order chi connectivity index (χ1) is 17.0. The number of fused-ring (bicyclic) bond motifs is 2. The molecule has 2 N–H and O–H groups in total. The highest BCUT2D eigenvalue weighted by molar-refractivity contribution is 6.07. The third-order valence-electron chi connectivity index (χ3n) is 5.71. The molecule has 0 aliphatic carbocycles. The first-order valence-corrected chi connectivity index (χ1v) is 10.6. The quantitative estimate of drug-likeness (QED) is 0.264. The van der Waals surface area contributed by atoms with E-state index in [1.54, 1.807) is 18.3 Å². The van der Waals surface area contributed by atoms with Crippen molar-refractivity contribution in [3.63, 3.8) is 0 Å². The Labute approximate surface area is 199 Å². The van der Waals surface area contributed by atoms with Crippen molar-refractivity contribution in [3.8, 4) is 0 Å². The predicted molar refractivity (Wildman–Crippen MR) is 122 cm³/mol. The van der Waals surface area contributed by atoms with Gasteiger partial charge in [-0.3, -0.25) is 4.79 Å². The van der Waals surface area contributed by atoms with Gasteiger partial charge < -0.3 is 14.9 Å². The summed E-state index contributed by atoms with van der Waals surface area (Å²) in [6.07, 6.45) is -6.08. The van der Waals surface area contributed by atoms with Crippen LogP contribution in [-0.4, -0.2) is 20.4 Å². The molecule has 184 valence electrons. The van der Waals surface area contributed by atoms with Crippen LogP contribution >= 0.6 is 0 Å². The summed E-state index contributed by atoms with van der Waals surface area (Å²) < 4.78 is 80.8. The van der Waals surface area contributed by atoms with Gasteiger partial charge in [0.2, 0.25) is 0 Å². The number of aromatic nitrogens is 3. The molecule has 0 unspecified atom stereocenters. The van der Waals surface area contributed by atoms with Crippen molar-refractivity contribution in [2.75, 3.05) is 5.32 Å². The van der Waals surface area contributed by atoms with Crippen LogP contribution in [0.3, 0.4) is 0 Å². The van der Waals surface area contributed by atoms with E-state index in [-0.39, 0.29) is 28.7 Å². The number of nitrogens with one attached hydrogen (secondary N) is 2. The number of nitrogens with zero attached hydrogens (tertiary/aromatic N) is 2. The Morgan fingerprint density at radius 2 is 1.64 bits per heavy atom. The molecule has 3 heterocycles. The Hall–Kier alpha value is -4.28. The number of pyridine rings is 1. The first kappa shape index (κ1) is 23.5. The molecule has 36 heavy (non-hydrogen) atoms. The summed E-state index contributed by atoms with van der Waals surface area (Å²) in [6.45, 7) is -0.170. The summed E-state index contributed by atoms with van der Waals surface area (Å²) in [5, 5.41) is 3.52. The number of rotatable bonds is 4. The molecule has 0 fully saturated rings. The molecule has 1 amide bonds. The molecule has 0 spiro atoms. The molecule has 3 aromatic heterocycles. The fourth-order valence-electron chi connectivity index (χ4n) is 4.04. The van der Waals surface area contributed by atoms with Crippen molar-refractivity contribution in [2.24, 2.45) is 0 Å². The molecule has 2 aromatic carbocycles. The average Bonchev–Trinajstić information content (AvgIpc) is 3.42. The van der Waals surface area contributed by atoms with Gasteiger partial charge >= 0.3 is 12.4 Å². The van der Waals surface area contributed by atoms with Gasteiger partial charge in [0.15, 0.2) is 0 Å². The van der Waals surface area contributed by atoms with Crippen LogP contribution in [0.1, 0.15) is 27.2 Å². The standard InChI is InChI=1S/C25H16F6N4O/c26-24(27,28)17-3-1-2-14(8-17)13-35-20-5-4-18(25(29,30)31)9-16(20)11-21(35)23(36)34-19-10-15-6-7-32-22(15)33-12-19/h1-12H,13H2,(H,32,33)(H,34,36). The van der Waals surface area contributed by atoms with Crippen LogP contribution in [-0.2, 0) is 18.9 Å². The van der Waals surface area contributed by atoms with Crippen molar-refractivity contribution < 1.29 is 31.1 Å². The minimum atomic E-state index is -4.60. The number of benzene rings is 2. The molecule has 11 heteroatoms. The molecule has 0 saturated heterocycles. The second-order valence-electron chi connectivity index (χ2n) is 8.18. The molecule has 0 saturated carbocycles. The number of carbonyl (C=O) groups is 1. The van der Waals surface area contributed by atoms with Gasteiger partial charge in [-0.1, -0.05) is 12.1 Å². The maximum atomic E-state index is 13.3. The molecule has 0 radical (unpaired) electrons. The van der Waals surface area contributed by atoms with Crippen molar-refractivity contribution >= 4 is 33.5 Å². The number of aromatic amines is 1. The summed E-state index contributed by atoms with van der Waals surface area (Å²) in [5.74, 6) is -0.650. The van der Waals surface area contributed by atoms with Crippen LogP contribution in [0.15, 0.2) is 73.1 Å². The van der Waals surface area contributed by atoms with Crippen LogP contribution in [0, 0.1) is 0 Å². The lowest BCUT2D eigenvalue weighted by molar-refractivity contribution is -0.138. The van der Waals surface area contributed by atoms with Gasteiger partial charge in [-0.15, -0.1) is 0 Å². The molecule has 5 rings (SSSR count). The van der Waals surface area contributed by atoms with E-state index in [0.717, 1.165) is 29.7 Å². The highest BCUT2D eigenvalue weighted by atomic mass is 19.4. The van der Waals surface area contributed by atoms with Crippen LogP contribution in [0.4, 0.5) is 32.0 Å². The maximum Gasteiger partial charge on any atom is 0.416 e. The number of H-pyrrole nitrogens is 1. The van der Waals surface area contributed by atoms with Crippen LogP contribution in [0.25, 0.3) is 21.9 Å². The van der Waals surface area contributed by atoms with Crippen LogP contribution in [0.5, 0.6) is 0 Å². The lowest BCUT2D eigenvalue weighted by Crippen LogP contribution is -2.18. The smallest absolute Gasteiger partial charge is 0.346 e. The van der Waals surface area contributed by atoms with Gasteiger partial charge in [0.05, 0.1) is 23.0 Å². The maximum absolute atomic E-state index is 13.3. The van der Waals surface area contributed by atoms with Crippen molar-refractivity contribution in [1.29, 1.82) is 0 Å². The minimum Gasteiger partial charge on any atom is -0.346 e. The minimum absolute atomic E-state index is 0.0177. The van der Waals surface area contributed by atoms with Gasteiger partial charge in [0.25, 0.3) is 5.91 Å². The Morgan fingerprint density at radius 3 is 2.39 bits per heavy atom. The lowest BCUT2D eigenvalue weighted by Gasteiger charge is -2.14. The number of amides is 1. The van der Waals surface area contributed by atoms with E-state index in [2.05, 4.69) is 15.3 Å². The zero-order chi connectivity index (χ0) is 25.7. The molecule has 0 bridgehead atoms. The fraction of sp³-hybridized carbons (Fsp3) is 0.120. The molecule has 5 nitrogen and oxygen atoms in total. The summed E-state index contributed by atoms with van der Waals surface area (Å²) in [5.41, 5.74) is -0.342. The largest absolute Gasteiger partial charge is 0.416 e. The summed E-state index contributed by atoms with van der Waals surface area (Å²) in [6, 6.07) is 12.2. The van der Waals surface area contributed by atoms with E-state index >= 15 is 0 Å². The Morgan fingerprint density at radius 1 is 0.889 bits per heavy atom. The van der Waals surface area contributed by atoms with Crippen molar-refractivity contribution in [3.05, 3.63) is 95.4 Å². The predicted octanol–water partition coefficient (Wildman–Crippen LogP) is 6.86. The van der Waals surface area contributed by atoms with Crippen molar-refractivity contribution in [2.45, 2.75) is 18.9 Å². The molecular weight excluding hydrogens is 486 g/mol.